The lowest BCUT2D eigenvalue weighted by atomic mass is 9.99. The first-order valence-electron chi connectivity index (χ1n) is 13.0. The average Bonchev–Trinajstić information content (AvgIpc) is 3.48. The van der Waals surface area contributed by atoms with Gasteiger partial charge in [-0.3, -0.25) is 0 Å². The Morgan fingerprint density at radius 2 is 1.82 bits per heavy atom. The van der Waals surface area contributed by atoms with Gasteiger partial charge < -0.3 is 19.8 Å². The molecule has 0 atom stereocenters. The minimum atomic E-state index is -1.24. The van der Waals surface area contributed by atoms with Crippen LogP contribution in [0.1, 0.15) is 49.7 Å². The molecule has 3 aromatic carbocycles. The Morgan fingerprint density at radius 1 is 1.07 bits per heavy atom. The molecule has 204 valence electrons. The van der Waals surface area contributed by atoms with E-state index in [2.05, 4.69) is 25.6 Å². The number of ether oxygens (including phenoxy) is 2. The van der Waals surface area contributed by atoms with Gasteiger partial charge in [-0.25, -0.2) is 4.79 Å². The Balaban J connectivity index is 1.56. The summed E-state index contributed by atoms with van der Waals surface area (Å²) in [4.78, 5) is 16.8. The molecule has 0 spiro atoms. The maximum atomic E-state index is 13.5. The van der Waals surface area contributed by atoms with Crippen molar-refractivity contribution >= 4 is 17.0 Å². The van der Waals surface area contributed by atoms with Crippen molar-refractivity contribution in [3.05, 3.63) is 77.1 Å². The summed E-state index contributed by atoms with van der Waals surface area (Å²) in [7, 11) is 0. The van der Waals surface area contributed by atoms with Crippen LogP contribution in [0.4, 0.5) is 0 Å². The summed E-state index contributed by atoms with van der Waals surface area (Å²) in [5.74, 6) is -0.131. The van der Waals surface area contributed by atoms with Crippen LogP contribution in [0.2, 0.25) is 0 Å². The number of aromatic carboxylic acids is 1. The van der Waals surface area contributed by atoms with Gasteiger partial charge in [0.15, 0.2) is 5.52 Å². The molecule has 0 aliphatic carbocycles. The van der Waals surface area contributed by atoms with Gasteiger partial charge in [-0.05, 0) is 54.8 Å². The van der Waals surface area contributed by atoms with Gasteiger partial charge in [0.2, 0.25) is 11.3 Å². The third-order valence-corrected chi connectivity index (χ3v) is 6.28. The lowest BCUT2D eigenvalue weighted by molar-refractivity contribution is -0.586. The average molecular weight is 541 g/mol. The number of aromatic nitrogens is 6. The van der Waals surface area contributed by atoms with Crippen molar-refractivity contribution in [1.29, 1.82) is 0 Å². The molecule has 0 bridgehead atoms. The van der Waals surface area contributed by atoms with Crippen LogP contribution in [0.25, 0.3) is 33.5 Å². The van der Waals surface area contributed by atoms with E-state index >= 15 is 0 Å². The van der Waals surface area contributed by atoms with E-state index in [9.17, 15) is 15.1 Å². The zero-order chi connectivity index (χ0) is 28.2. The predicted molar refractivity (Wildman–Crippen MR) is 147 cm³/mol. The van der Waals surface area contributed by atoms with Crippen molar-refractivity contribution in [2.45, 2.75) is 46.1 Å². The highest BCUT2D eigenvalue weighted by Crippen LogP contribution is 2.34. The molecule has 2 N–H and O–H groups in total. The van der Waals surface area contributed by atoms with E-state index in [0.717, 1.165) is 29.5 Å². The minimum absolute atomic E-state index is 0.00144. The molecule has 0 saturated heterocycles. The highest BCUT2D eigenvalue weighted by Gasteiger charge is 2.27. The maximum Gasteiger partial charge on any atom is 0.341 e. The minimum Gasteiger partial charge on any atom is -0.618 e. The van der Waals surface area contributed by atoms with Gasteiger partial charge in [-0.2, -0.15) is 14.9 Å². The molecule has 5 aromatic rings. The summed E-state index contributed by atoms with van der Waals surface area (Å²) in [6, 6.07) is 18.0. The lowest BCUT2D eigenvalue weighted by Crippen LogP contribution is -2.34. The number of H-pyrrole nitrogens is 1. The van der Waals surface area contributed by atoms with E-state index in [1.54, 1.807) is 26.0 Å². The topological polar surface area (TPSA) is 150 Å². The number of nitrogens with zero attached hydrogens (tertiary/aromatic N) is 5. The second-order valence-electron chi connectivity index (χ2n) is 9.45. The number of carbonyl (C=O) groups is 1. The number of fused-ring (bicyclic) bond motifs is 1. The Kier molecular flexibility index (Phi) is 7.54. The summed E-state index contributed by atoms with van der Waals surface area (Å²) in [6.07, 6.45) is 1.74. The second-order valence-corrected chi connectivity index (χ2v) is 9.45. The number of carboxylic acids is 1. The Labute approximate surface area is 230 Å². The monoisotopic (exact) mass is 540 g/mol. The molecular weight excluding hydrogens is 512 g/mol. The molecular formula is C29H28N6O5. The SMILES string of the molecule is CCCCc1c(Oc2ccc(-c3ccccc3-c3nn[nH]n3)cc2)nc2c(C(=O)O)c(OC(C)C)ccc2[n+]1[O-]. The van der Waals surface area contributed by atoms with Crippen LogP contribution >= 0.6 is 0 Å². The van der Waals surface area contributed by atoms with E-state index in [4.69, 9.17) is 9.47 Å². The molecule has 5 rings (SSSR count). The molecule has 2 aromatic heterocycles. The molecule has 11 nitrogen and oxygen atoms in total. The summed E-state index contributed by atoms with van der Waals surface area (Å²) in [5.41, 5.74) is 2.90. The van der Waals surface area contributed by atoms with Crippen LogP contribution in [0, 0.1) is 5.21 Å². The van der Waals surface area contributed by atoms with Crippen molar-refractivity contribution in [2.75, 3.05) is 0 Å². The molecule has 0 amide bonds. The van der Waals surface area contributed by atoms with Crippen LogP contribution in [0.3, 0.4) is 0 Å². The van der Waals surface area contributed by atoms with Gasteiger partial charge in [0, 0.05) is 18.1 Å². The van der Waals surface area contributed by atoms with E-state index in [1.165, 1.54) is 12.1 Å². The summed E-state index contributed by atoms with van der Waals surface area (Å²) >= 11 is 0. The fourth-order valence-corrected chi connectivity index (χ4v) is 4.45. The molecule has 2 heterocycles. The fraction of sp³-hybridized carbons (Fsp3) is 0.241. The highest BCUT2D eigenvalue weighted by atomic mass is 16.5. The maximum absolute atomic E-state index is 13.5. The Hall–Kier alpha value is -5.06. The van der Waals surface area contributed by atoms with Gasteiger partial charge in [0.1, 0.15) is 17.1 Å². The van der Waals surface area contributed by atoms with Gasteiger partial charge in [0.05, 0.1) is 6.10 Å². The number of rotatable bonds is 10. The molecule has 0 unspecified atom stereocenters. The van der Waals surface area contributed by atoms with Crippen LogP contribution in [-0.2, 0) is 6.42 Å². The summed E-state index contributed by atoms with van der Waals surface area (Å²) in [6.45, 7) is 5.61. The standard InChI is InChI=1S/C29H28N6O5/c1-4-5-10-23-28(30-26-22(35(23)38)15-16-24(39-17(2)3)25(26)29(36)37)40-19-13-11-18(12-14-19)20-8-6-7-9-21(20)27-31-33-34-32-27/h6-9,11-17H,4-5,10H2,1-3H3,(H,36,37)(H,31,32,33,34). The number of carboxylic acid groups (broad SMARTS) is 1. The van der Waals surface area contributed by atoms with Crippen molar-refractivity contribution in [1.82, 2.24) is 25.6 Å². The zero-order valence-corrected chi connectivity index (χ0v) is 22.3. The fourth-order valence-electron chi connectivity index (χ4n) is 4.45. The molecule has 0 aliphatic rings. The molecule has 11 heteroatoms. The van der Waals surface area contributed by atoms with Crippen LogP contribution in [-0.4, -0.2) is 42.8 Å². The molecule has 0 fully saturated rings. The molecule has 0 saturated carbocycles. The first-order valence-corrected chi connectivity index (χ1v) is 13.0. The highest BCUT2D eigenvalue weighted by molar-refractivity contribution is 6.03. The number of benzene rings is 3. The lowest BCUT2D eigenvalue weighted by Gasteiger charge is -2.16. The zero-order valence-electron chi connectivity index (χ0n) is 22.3. The summed E-state index contributed by atoms with van der Waals surface area (Å²) < 4.78 is 12.6. The number of nitrogens with one attached hydrogen (secondary N) is 1. The van der Waals surface area contributed by atoms with Gasteiger partial charge in [-0.1, -0.05) is 49.7 Å². The van der Waals surface area contributed by atoms with Gasteiger partial charge in [-0.15, -0.1) is 10.2 Å². The first kappa shape index (κ1) is 26.5. The number of aromatic amines is 1. The first-order chi connectivity index (χ1) is 19.4. The van der Waals surface area contributed by atoms with Crippen molar-refractivity contribution < 1.29 is 24.1 Å². The Morgan fingerprint density at radius 3 is 2.48 bits per heavy atom. The van der Waals surface area contributed by atoms with E-state index < -0.39 is 5.97 Å². The van der Waals surface area contributed by atoms with Crippen molar-refractivity contribution in [3.8, 4) is 39.9 Å². The largest absolute Gasteiger partial charge is 0.618 e. The molecule has 0 aliphatic heterocycles. The van der Waals surface area contributed by atoms with Gasteiger partial charge >= 0.3 is 5.97 Å². The van der Waals surface area contributed by atoms with Crippen molar-refractivity contribution in [2.24, 2.45) is 0 Å². The van der Waals surface area contributed by atoms with Crippen LogP contribution in [0.15, 0.2) is 60.7 Å². The Bertz CT molecular complexity index is 1650. The summed E-state index contributed by atoms with van der Waals surface area (Å²) in [5, 5.41) is 37.8. The van der Waals surface area contributed by atoms with E-state index in [1.807, 2.05) is 43.3 Å². The predicted octanol–water partition coefficient (Wildman–Crippen LogP) is 5.34. The number of unbranched alkanes of at least 4 members (excludes halogenated alkanes) is 1. The quantitative estimate of drug-likeness (QED) is 0.177. The molecule has 0 radical (unpaired) electrons. The number of hydrogen-bond acceptors (Lipinski definition) is 8. The normalized spacial score (nSPS) is 11.2. The van der Waals surface area contributed by atoms with E-state index in [0.29, 0.717) is 28.4 Å². The number of hydrogen-bond donors (Lipinski definition) is 2. The van der Waals surface area contributed by atoms with Crippen LogP contribution in [0.5, 0.6) is 17.4 Å². The number of tetrazole rings is 1. The van der Waals surface area contributed by atoms with Crippen LogP contribution < -0.4 is 14.2 Å². The second kappa shape index (κ2) is 11.4. The van der Waals surface area contributed by atoms with Gasteiger partial charge in [0.25, 0.3) is 11.6 Å². The van der Waals surface area contributed by atoms with E-state index in [-0.39, 0.29) is 34.3 Å². The third kappa shape index (κ3) is 5.26. The smallest absolute Gasteiger partial charge is 0.341 e. The van der Waals surface area contributed by atoms with Crippen molar-refractivity contribution in [3.63, 3.8) is 0 Å². The third-order valence-electron chi connectivity index (χ3n) is 6.28. The molecule has 40 heavy (non-hydrogen) atoms.